The van der Waals surface area contributed by atoms with E-state index >= 15 is 0 Å². The molecular weight excluding hydrogens is 278 g/mol. The Morgan fingerprint density at radius 1 is 1.35 bits per heavy atom. The molecule has 1 aromatic rings. The van der Waals surface area contributed by atoms with E-state index in [1.165, 1.54) is 18.9 Å². The number of rotatable bonds is 8. The van der Waals surface area contributed by atoms with Gasteiger partial charge in [0, 0.05) is 12.9 Å². The number of hydrogen-bond donors (Lipinski definition) is 2. The number of carbonyl (C=O) groups excluding carboxylic acids is 1. The molecule has 2 N–H and O–H groups in total. The van der Waals surface area contributed by atoms with Crippen LogP contribution in [0.2, 0.25) is 0 Å². The predicted octanol–water partition coefficient (Wildman–Crippen LogP) is 1.52. The number of amides is 1. The van der Waals surface area contributed by atoms with Gasteiger partial charge in [0.2, 0.25) is 5.91 Å². The molecule has 1 aromatic carbocycles. The van der Waals surface area contributed by atoms with E-state index < -0.39 is 12.1 Å². The summed E-state index contributed by atoms with van der Waals surface area (Å²) in [6, 6.07) is 9.86. The van der Waals surface area contributed by atoms with Gasteiger partial charge in [-0.05, 0) is 12.5 Å². The van der Waals surface area contributed by atoms with E-state index in [0.29, 0.717) is 0 Å². The highest BCUT2D eigenvalue weighted by Crippen LogP contribution is 2.17. The van der Waals surface area contributed by atoms with E-state index in [4.69, 9.17) is 9.84 Å². The van der Waals surface area contributed by atoms with Gasteiger partial charge in [-0.3, -0.25) is 4.79 Å². The largest absolute Gasteiger partial charge is 0.479 e. The van der Waals surface area contributed by atoms with Crippen molar-refractivity contribution in [1.82, 2.24) is 5.32 Å². The van der Waals surface area contributed by atoms with Gasteiger partial charge in [0.05, 0.1) is 11.8 Å². The molecule has 0 fully saturated rings. The minimum atomic E-state index is -1.09. The molecule has 110 valence electrons. The van der Waals surface area contributed by atoms with Crippen molar-refractivity contribution in [2.45, 2.75) is 24.0 Å². The van der Waals surface area contributed by atoms with E-state index in [1.807, 2.05) is 30.3 Å². The zero-order valence-electron chi connectivity index (χ0n) is 11.5. The van der Waals surface area contributed by atoms with Crippen LogP contribution in [0.25, 0.3) is 0 Å². The molecule has 1 rings (SSSR count). The van der Waals surface area contributed by atoms with Crippen LogP contribution in [0.1, 0.15) is 12.5 Å². The highest BCUT2D eigenvalue weighted by molar-refractivity contribution is 7.99. The third-order valence-electron chi connectivity index (χ3n) is 2.73. The third-order valence-corrected chi connectivity index (χ3v) is 3.95. The molecule has 0 radical (unpaired) electrons. The Labute approximate surface area is 122 Å². The summed E-state index contributed by atoms with van der Waals surface area (Å²) in [5.74, 6) is -0.533. The first-order chi connectivity index (χ1) is 9.54. The third kappa shape index (κ3) is 5.63. The van der Waals surface area contributed by atoms with Gasteiger partial charge in [-0.25, -0.2) is 4.79 Å². The maximum atomic E-state index is 11.8. The Morgan fingerprint density at radius 3 is 2.55 bits per heavy atom. The summed E-state index contributed by atoms with van der Waals surface area (Å²) in [6.45, 7) is 1.77. The van der Waals surface area contributed by atoms with Crippen LogP contribution in [0, 0.1) is 0 Å². The molecule has 0 aliphatic carbocycles. The van der Waals surface area contributed by atoms with E-state index in [9.17, 15) is 9.59 Å². The summed E-state index contributed by atoms with van der Waals surface area (Å²) in [7, 11) is 1.30. The molecule has 0 bridgehead atoms. The quantitative estimate of drug-likeness (QED) is 0.761. The molecule has 2 atom stereocenters. The summed E-state index contributed by atoms with van der Waals surface area (Å²) in [4.78, 5) is 22.6. The number of methoxy groups -OCH3 is 1. The fraction of sp³-hybridized carbons (Fsp3) is 0.429. The van der Waals surface area contributed by atoms with Gasteiger partial charge in [-0.2, -0.15) is 0 Å². The molecule has 6 heteroatoms. The van der Waals surface area contributed by atoms with Crippen LogP contribution in [-0.4, -0.2) is 42.0 Å². The van der Waals surface area contributed by atoms with Gasteiger partial charge in [-0.1, -0.05) is 30.3 Å². The lowest BCUT2D eigenvalue weighted by Gasteiger charge is -2.15. The first-order valence-electron chi connectivity index (χ1n) is 6.23. The van der Waals surface area contributed by atoms with Crippen molar-refractivity contribution >= 4 is 23.6 Å². The van der Waals surface area contributed by atoms with Crippen LogP contribution in [0.15, 0.2) is 30.3 Å². The molecule has 0 aliphatic heterocycles. The van der Waals surface area contributed by atoms with Crippen molar-refractivity contribution in [3.05, 3.63) is 35.9 Å². The highest BCUT2D eigenvalue weighted by atomic mass is 32.2. The Morgan fingerprint density at radius 2 is 2.00 bits per heavy atom. The molecule has 0 aliphatic rings. The molecule has 2 unspecified atom stereocenters. The molecule has 0 saturated heterocycles. The van der Waals surface area contributed by atoms with Gasteiger partial charge in [0.1, 0.15) is 0 Å². The number of ether oxygens (including phenoxy) is 1. The van der Waals surface area contributed by atoms with Gasteiger partial charge in [0.15, 0.2) is 6.10 Å². The summed E-state index contributed by atoms with van der Waals surface area (Å²) in [6.07, 6.45) is -1.01. The highest BCUT2D eigenvalue weighted by Gasteiger charge is 2.19. The number of benzene rings is 1. The van der Waals surface area contributed by atoms with Gasteiger partial charge in [-0.15, -0.1) is 11.8 Å². The van der Waals surface area contributed by atoms with E-state index in [0.717, 1.165) is 11.3 Å². The van der Waals surface area contributed by atoms with Crippen LogP contribution in [-0.2, 0) is 20.1 Å². The molecule has 0 aromatic heterocycles. The first-order valence-corrected chi connectivity index (χ1v) is 7.28. The number of carboxylic acids is 1. The first kappa shape index (κ1) is 16.5. The number of carboxylic acid groups (broad SMARTS) is 1. The number of thioether (sulfide) groups is 1. The minimum absolute atomic E-state index is 0.0269. The van der Waals surface area contributed by atoms with E-state index in [2.05, 4.69) is 5.32 Å². The van der Waals surface area contributed by atoms with Crippen LogP contribution in [0.3, 0.4) is 0 Å². The number of aliphatic carboxylic acids is 1. The van der Waals surface area contributed by atoms with Crippen LogP contribution in [0.5, 0.6) is 0 Å². The standard InChI is InChI=1S/C14H19NO4S/c1-10(20-9-11-6-4-3-5-7-11)13(16)15-8-12(19-2)14(17)18/h3-7,10,12H,8-9H2,1-2H3,(H,15,16)(H,17,18). The zero-order chi connectivity index (χ0) is 15.0. The number of nitrogens with one attached hydrogen (secondary N) is 1. The summed E-state index contributed by atoms with van der Waals surface area (Å²) in [5, 5.41) is 11.1. The second kappa shape index (κ2) is 8.60. The van der Waals surface area contributed by atoms with Crippen molar-refractivity contribution in [1.29, 1.82) is 0 Å². The normalized spacial score (nSPS) is 13.5. The monoisotopic (exact) mass is 297 g/mol. The Balaban J connectivity index is 2.34. The fourth-order valence-electron chi connectivity index (χ4n) is 1.48. The molecule has 1 amide bonds. The second-order valence-electron chi connectivity index (χ2n) is 4.25. The smallest absolute Gasteiger partial charge is 0.334 e. The minimum Gasteiger partial charge on any atom is -0.479 e. The van der Waals surface area contributed by atoms with Gasteiger partial charge >= 0.3 is 5.97 Å². The average Bonchev–Trinajstić information content (AvgIpc) is 2.45. The fourth-order valence-corrected chi connectivity index (χ4v) is 2.35. The Hall–Kier alpha value is -1.53. The Bertz CT molecular complexity index is 438. The van der Waals surface area contributed by atoms with Crippen LogP contribution < -0.4 is 5.32 Å². The number of hydrogen-bond acceptors (Lipinski definition) is 4. The van der Waals surface area contributed by atoms with Crippen molar-refractivity contribution in [2.75, 3.05) is 13.7 Å². The molecule has 0 saturated carbocycles. The van der Waals surface area contributed by atoms with Crippen molar-refractivity contribution < 1.29 is 19.4 Å². The van der Waals surface area contributed by atoms with Crippen LogP contribution in [0.4, 0.5) is 0 Å². The van der Waals surface area contributed by atoms with Crippen molar-refractivity contribution in [3.8, 4) is 0 Å². The maximum absolute atomic E-state index is 11.8. The lowest BCUT2D eigenvalue weighted by Crippen LogP contribution is -2.40. The summed E-state index contributed by atoms with van der Waals surface area (Å²) < 4.78 is 4.75. The predicted molar refractivity (Wildman–Crippen MR) is 78.6 cm³/mol. The van der Waals surface area contributed by atoms with E-state index in [1.54, 1.807) is 6.92 Å². The topological polar surface area (TPSA) is 75.6 Å². The molecule has 20 heavy (non-hydrogen) atoms. The zero-order valence-corrected chi connectivity index (χ0v) is 12.4. The van der Waals surface area contributed by atoms with Crippen molar-refractivity contribution in [2.24, 2.45) is 0 Å². The lowest BCUT2D eigenvalue weighted by atomic mass is 10.2. The second-order valence-corrected chi connectivity index (χ2v) is 5.58. The summed E-state index contributed by atoms with van der Waals surface area (Å²) in [5.41, 5.74) is 1.15. The molecular formula is C14H19NO4S. The van der Waals surface area contributed by atoms with E-state index in [-0.39, 0.29) is 17.7 Å². The van der Waals surface area contributed by atoms with Gasteiger partial charge in [0.25, 0.3) is 0 Å². The SMILES string of the molecule is COC(CNC(=O)C(C)SCc1ccccc1)C(=O)O. The summed E-state index contributed by atoms with van der Waals surface area (Å²) >= 11 is 1.50. The lowest BCUT2D eigenvalue weighted by molar-refractivity contribution is -0.148. The Kier molecular flexibility index (Phi) is 7.11. The molecule has 5 nitrogen and oxygen atoms in total. The average molecular weight is 297 g/mol. The van der Waals surface area contributed by atoms with Gasteiger partial charge < -0.3 is 15.2 Å². The molecule has 0 spiro atoms. The number of carbonyl (C=O) groups is 2. The van der Waals surface area contributed by atoms with Crippen LogP contribution >= 0.6 is 11.8 Å². The maximum Gasteiger partial charge on any atom is 0.334 e. The van der Waals surface area contributed by atoms with Crippen molar-refractivity contribution in [3.63, 3.8) is 0 Å². The molecule has 0 heterocycles.